The van der Waals surface area contributed by atoms with Crippen molar-refractivity contribution in [2.75, 3.05) is 14.1 Å². The molecule has 0 radical (unpaired) electrons. The van der Waals surface area contributed by atoms with Crippen LogP contribution < -0.4 is 0 Å². The van der Waals surface area contributed by atoms with Gasteiger partial charge in [0.1, 0.15) is 4.88 Å². The molecule has 0 fully saturated rings. The highest BCUT2D eigenvalue weighted by Crippen LogP contribution is 2.24. The number of carbonyl (C=O) groups excluding carboxylic acids is 2. The van der Waals surface area contributed by atoms with Crippen molar-refractivity contribution in [3.8, 4) is 0 Å². The molecule has 0 aliphatic carbocycles. The van der Waals surface area contributed by atoms with Gasteiger partial charge < -0.3 is 9.64 Å². The maximum atomic E-state index is 12.3. The second-order valence-corrected chi connectivity index (χ2v) is 5.78. The topological polar surface area (TPSA) is 46.6 Å². The monoisotopic (exact) mass is 303 g/mol. The Kier molecular flexibility index (Phi) is 4.75. The fraction of sp³-hybridized carbons (Fsp3) is 0.250. The van der Waals surface area contributed by atoms with Gasteiger partial charge in [0.2, 0.25) is 6.10 Å². The largest absolute Gasteiger partial charge is 0.443 e. The molecule has 0 spiro atoms. The molecule has 1 heterocycles. The van der Waals surface area contributed by atoms with Gasteiger partial charge >= 0.3 is 5.97 Å². The van der Waals surface area contributed by atoms with Crippen LogP contribution in [0.2, 0.25) is 0 Å². The molecule has 0 aliphatic heterocycles. The highest BCUT2D eigenvalue weighted by atomic mass is 32.1. The summed E-state index contributed by atoms with van der Waals surface area (Å²) in [6.07, 6.45) is -0.921. The van der Waals surface area contributed by atoms with E-state index < -0.39 is 12.1 Å². The van der Waals surface area contributed by atoms with E-state index in [-0.39, 0.29) is 5.91 Å². The van der Waals surface area contributed by atoms with Crippen molar-refractivity contribution in [1.82, 2.24) is 4.90 Å². The van der Waals surface area contributed by atoms with Crippen LogP contribution in [0, 0.1) is 6.92 Å². The first kappa shape index (κ1) is 15.3. The summed E-state index contributed by atoms with van der Waals surface area (Å²) in [5.41, 5.74) is 1.52. The van der Waals surface area contributed by atoms with Gasteiger partial charge in [-0.1, -0.05) is 30.3 Å². The summed E-state index contributed by atoms with van der Waals surface area (Å²) in [4.78, 5) is 26.5. The number of esters is 1. The molecule has 0 aliphatic rings. The minimum atomic E-state index is -0.921. The number of likely N-dealkylation sites (N-methyl/N-ethyl adjacent to an activating group) is 1. The molecule has 0 bridgehead atoms. The second kappa shape index (κ2) is 6.54. The molecule has 4 nitrogen and oxygen atoms in total. The van der Waals surface area contributed by atoms with Gasteiger partial charge in [-0.25, -0.2) is 4.79 Å². The van der Waals surface area contributed by atoms with Crippen LogP contribution in [-0.4, -0.2) is 30.9 Å². The zero-order valence-corrected chi connectivity index (χ0v) is 13.0. The number of rotatable bonds is 4. The van der Waals surface area contributed by atoms with E-state index in [0.717, 1.165) is 5.56 Å². The molecule has 1 aromatic heterocycles. The lowest BCUT2D eigenvalue weighted by atomic mass is 10.1. The summed E-state index contributed by atoms with van der Waals surface area (Å²) in [5, 5.41) is 1.83. The summed E-state index contributed by atoms with van der Waals surface area (Å²) < 4.78 is 5.47. The molecule has 5 heteroatoms. The number of hydrogen-bond acceptors (Lipinski definition) is 4. The molecule has 2 aromatic rings. The van der Waals surface area contributed by atoms with E-state index in [4.69, 9.17) is 4.74 Å². The molecule has 110 valence electrons. The van der Waals surface area contributed by atoms with Crippen LogP contribution in [0.15, 0.2) is 41.8 Å². The van der Waals surface area contributed by atoms with Gasteiger partial charge in [0.15, 0.2) is 0 Å². The van der Waals surface area contributed by atoms with Gasteiger partial charge in [-0.05, 0) is 23.9 Å². The molecule has 0 saturated heterocycles. The fourth-order valence-corrected chi connectivity index (χ4v) is 2.67. The van der Waals surface area contributed by atoms with Crippen LogP contribution in [-0.2, 0) is 9.53 Å². The quantitative estimate of drug-likeness (QED) is 0.816. The van der Waals surface area contributed by atoms with E-state index >= 15 is 0 Å². The van der Waals surface area contributed by atoms with Crippen LogP contribution in [0.25, 0.3) is 0 Å². The van der Waals surface area contributed by atoms with Crippen molar-refractivity contribution in [1.29, 1.82) is 0 Å². The van der Waals surface area contributed by atoms with Crippen LogP contribution in [0.5, 0.6) is 0 Å². The van der Waals surface area contributed by atoms with E-state index in [2.05, 4.69) is 0 Å². The normalized spacial score (nSPS) is 11.8. The third-order valence-corrected chi connectivity index (χ3v) is 4.04. The molecule has 1 aromatic carbocycles. The Bertz CT molecular complexity index is 634. The van der Waals surface area contributed by atoms with Crippen molar-refractivity contribution in [3.05, 3.63) is 57.8 Å². The van der Waals surface area contributed by atoms with Crippen molar-refractivity contribution in [2.24, 2.45) is 0 Å². The maximum Gasteiger partial charge on any atom is 0.349 e. The van der Waals surface area contributed by atoms with Crippen molar-refractivity contribution < 1.29 is 14.3 Å². The van der Waals surface area contributed by atoms with Crippen LogP contribution in [0.4, 0.5) is 0 Å². The number of nitrogens with zero attached hydrogens (tertiary/aromatic N) is 1. The molecule has 21 heavy (non-hydrogen) atoms. The highest BCUT2D eigenvalue weighted by Gasteiger charge is 2.27. The summed E-state index contributed by atoms with van der Waals surface area (Å²) in [7, 11) is 3.28. The van der Waals surface area contributed by atoms with Gasteiger partial charge in [-0.3, -0.25) is 4.79 Å². The Morgan fingerprint density at radius 3 is 2.33 bits per heavy atom. The predicted molar refractivity (Wildman–Crippen MR) is 82.3 cm³/mol. The zero-order valence-electron chi connectivity index (χ0n) is 12.2. The zero-order chi connectivity index (χ0) is 15.4. The van der Waals surface area contributed by atoms with Crippen LogP contribution >= 0.6 is 11.3 Å². The number of thiophene rings is 1. The summed E-state index contributed by atoms with van der Waals surface area (Å²) >= 11 is 1.32. The van der Waals surface area contributed by atoms with Gasteiger partial charge in [-0.2, -0.15) is 0 Å². The van der Waals surface area contributed by atoms with E-state index in [9.17, 15) is 9.59 Å². The predicted octanol–water partition coefficient (Wildman–Crippen LogP) is 3.04. The molecule has 1 atom stereocenters. The third kappa shape index (κ3) is 3.49. The first-order valence-corrected chi connectivity index (χ1v) is 7.40. The Balaban J connectivity index is 2.27. The first-order valence-electron chi connectivity index (χ1n) is 6.52. The standard InChI is InChI=1S/C16H17NO3S/c1-11-9-10-21-14(11)16(19)20-13(15(18)17(2)3)12-7-5-4-6-8-12/h4-10,13H,1-3H3. The number of aryl methyl sites for hydroxylation is 1. The minimum Gasteiger partial charge on any atom is -0.443 e. The van der Waals surface area contributed by atoms with E-state index in [1.807, 2.05) is 36.6 Å². The Hall–Kier alpha value is -2.14. The lowest BCUT2D eigenvalue weighted by Gasteiger charge is -2.21. The molecule has 1 unspecified atom stereocenters. The molecule has 0 N–H and O–H groups in total. The smallest absolute Gasteiger partial charge is 0.349 e. The van der Waals surface area contributed by atoms with Crippen molar-refractivity contribution in [2.45, 2.75) is 13.0 Å². The van der Waals surface area contributed by atoms with Crippen LogP contribution in [0.1, 0.15) is 26.9 Å². The van der Waals surface area contributed by atoms with Gasteiger partial charge in [0.25, 0.3) is 5.91 Å². The molecular formula is C16H17NO3S. The average molecular weight is 303 g/mol. The third-order valence-electron chi connectivity index (χ3n) is 3.04. The number of carbonyl (C=O) groups is 2. The summed E-state index contributed by atoms with van der Waals surface area (Å²) in [6, 6.07) is 10.9. The molecular weight excluding hydrogens is 286 g/mol. The lowest BCUT2D eigenvalue weighted by Crippen LogP contribution is -2.31. The highest BCUT2D eigenvalue weighted by molar-refractivity contribution is 7.12. The summed E-state index contributed by atoms with van der Waals surface area (Å²) in [5.74, 6) is -0.727. The molecule has 0 saturated carbocycles. The Labute approximate surface area is 128 Å². The average Bonchev–Trinajstić information content (AvgIpc) is 2.91. The van der Waals surface area contributed by atoms with E-state index in [1.165, 1.54) is 16.2 Å². The molecule has 1 amide bonds. The number of amides is 1. The van der Waals surface area contributed by atoms with Gasteiger partial charge in [0.05, 0.1) is 0 Å². The van der Waals surface area contributed by atoms with Gasteiger partial charge in [0, 0.05) is 19.7 Å². The summed E-state index contributed by atoms with van der Waals surface area (Å²) in [6.45, 7) is 1.85. The minimum absolute atomic E-state index is 0.260. The number of hydrogen-bond donors (Lipinski definition) is 0. The Morgan fingerprint density at radius 1 is 1.14 bits per heavy atom. The van der Waals surface area contributed by atoms with Gasteiger partial charge in [-0.15, -0.1) is 11.3 Å². The SMILES string of the molecule is Cc1ccsc1C(=O)OC(C(=O)N(C)C)c1ccccc1. The van der Waals surface area contributed by atoms with Crippen molar-refractivity contribution >= 4 is 23.2 Å². The van der Waals surface area contributed by atoms with Crippen molar-refractivity contribution in [3.63, 3.8) is 0 Å². The second-order valence-electron chi connectivity index (χ2n) is 4.86. The molecule has 2 rings (SSSR count). The maximum absolute atomic E-state index is 12.3. The fourth-order valence-electron chi connectivity index (χ4n) is 1.87. The number of benzene rings is 1. The van der Waals surface area contributed by atoms with E-state index in [0.29, 0.717) is 10.4 Å². The van der Waals surface area contributed by atoms with Crippen LogP contribution in [0.3, 0.4) is 0 Å². The number of ether oxygens (including phenoxy) is 1. The van der Waals surface area contributed by atoms with E-state index in [1.54, 1.807) is 26.2 Å². The lowest BCUT2D eigenvalue weighted by molar-refractivity contribution is -0.138. The Morgan fingerprint density at radius 2 is 1.81 bits per heavy atom. The first-order chi connectivity index (χ1) is 10.0.